The molecule has 1 saturated heterocycles. The van der Waals surface area contributed by atoms with Gasteiger partial charge in [-0.25, -0.2) is 0 Å². The molecule has 2 aromatic rings. The second-order valence-electron chi connectivity index (χ2n) is 5.70. The zero-order valence-corrected chi connectivity index (χ0v) is 14.3. The molecule has 0 spiro atoms. The number of amides is 1. The van der Waals surface area contributed by atoms with Crippen LogP contribution in [-0.4, -0.2) is 30.2 Å². The Hall–Kier alpha value is -1.94. The number of benzene rings is 2. The average Bonchev–Trinajstić information content (AvgIpc) is 3.05. The molecule has 1 unspecified atom stereocenters. The minimum Gasteiger partial charge on any atom is -0.496 e. The van der Waals surface area contributed by atoms with Crippen molar-refractivity contribution < 1.29 is 9.53 Å². The first-order valence-electron chi connectivity index (χ1n) is 7.78. The quantitative estimate of drug-likeness (QED) is 0.855. The van der Waals surface area contributed by atoms with E-state index in [0.29, 0.717) is 6.42 Å². The maximum absolute atomic E-state index is 12.7. The van der Waals surface area contributed by atoms with Crippen LogP contribution in [0.25, 0.3) is 0 Å². The van der Waals surface area contributed by atoms with E-state index in [0.717, 1.165) is 29.2 Å². The second kappa shape index (κ2) is 7.09. The van der Waals surface area contributed by atoms with E-state index in [1.807, 2.05) is 60.0 Å². The number of hydrogen-bond acceptors (Lipinski definition) is 3. The first-order valence-corrected chi connectivity index (χ1v) is 8.83. The molecule has 1 amide bonds. The van der Waals surface area contributed by atoms with Gasteiger partial charge in [-0.15, -0.1) is 11.8 Å². The number of aryl methyl sites for hydroxylation is 1. The molecule has 1 fully saturated rings. The van der Waals surface area contributed by atoms with Gasteiger partial charge in [0.2, 0.25) is 5.91 Å². The number of hydrogen-bond donors (Lipinski definition) is 0. The van der Waals surface area contributed by atoms with Gasteiger partial charge in [-0.1, -0.05) is 42.5 Å². The molecule has 0 radical (unpaired) electrons. The first kappa shape index (κ1) is 15.9. The number of methoxy groups -OCH3 is 1. The van der Waals surface area contributed by atoms with Crippen molar-refractivity contribution in [3.8, 4) is 5.75 Å². The predicted octanol–water partition coefficient (Wildman–Crippen LogP) is 3.82. The zero-order valence-electron chi connectivity index (χ0n) is 13.5. The van der Waals surface area contributed by atoms with Crippen molar-refractivity contribution >= 4 is 17.7 Å². The summed E-state index contributed by atoms with van der Waals surface area (Å²) in [5.74, 6) is 2.04. The van der Waals surface area contributed by atoms with Gasteiger partial charge < -0.3 is 9.64 Å². The molecule has 0 saturated carbocycles. The zero-order chi connectivity index (χ0) is 16.2. The summed E-state index contributed by atoms with van der Waals surface area (Å²) in [6.07, 6.45) is 0.439. The first-order chi connectivity index (χ1) is 11.2. The topological polar surface area (TPSA) is 29.5 Å². The van der Waals surface area contributed by atoms with Gasteiger partial charge in [0.15, 0.2) is 0 Å². The minimum absolute atomic E-state index is 0.142. The molecule has 0 bridgehead atoms. The van der Waals surface area contributed by atoms with Crippen molar-refractivity contribution in [2.45, 2.75) is 18.7 Å². The maximum Gasteiger partial charge on any atom is 0.228 e. The normalized spacial score (nSPS) is 17.3. The van der Waals surface area contributed by atoms with Crippen LogP contribution in [0.3, 0.4) is 0 Å². The van der Waals surface area contributed by atoms with E-state index in [1.165, 1.54) is 5.56 Å². The summed E-state index contributed by atoms with van der Waals surface area (Å²) < 4.78 is 5.28. The van der Waals surface area contributed by atoms with Gasteiger partial charge in [0, 0.05) is 12.3 Å². The monoisotopic (exact) mass is 327 g/mol. The summed E-state index contributed by atoms with van der Waals surface area (Å²) in [5, 5.41) is 0.142. The molecular weight excluding hydrogens is 306 g/mol. The Bertz CT molecular complexity index is 687. The molecule has 0 aromatic heterocycles. The standard InChI is InChI=1S/C19H21NO2S/c1-14-12-15(8-9-17(14)22-2)13-18(21)20-10-11-23-19(20)16-6-4-3-5-7-16/h3-9,12,19H,10-11,13H2,1-2H3. The number of carbonyl (C=O) groups excluding carboxylic acids is 1. The lowest BCUT2D eigenvalue weighted by atomic mass is 10.1. The van der Waals surface area contributed by atoms with E-state index in [2.05, 4.69) is 12.1 Å². The molecule has 0 N–H and O–H groups in total. The van der Waals surface area contributed by atoms with E-state index in [1.54, 1.807) is 7.11 Å². The molecule has 1 aliphatic rings. The van der Waals surface area contributed by atoms with Crippen LogP contribution in [-0.2, 0) is 11.2 Å². The van der Waals surface area contributed by atoms with Crippen LogP contribution in [0.4, 0.5) is 0 Å². The minimum atomic E-state index is 0.142. The maximum atomic E-state index is 12.7. The Labute approximate surface area is 141 Å². The van der Waals surface area contributed by atoms with Gasteiger partial charge in [-0.05, 0) is 29.7 Å². The van der Waals surface area contributed by atoms with Gasteiger partial charge in [0.05, 0.1) is 13.5 Å². The van der Waals surface area contributed by atoms with E-state index >= 15 is 0 Å². The molecule has 120 valence electrons. The third-order valence-corrected chi connectivity index (χ3v) is 5.37. The number of ether oxygens (including phenoxy) is 1. The fourth-order valence-electron chi connectivity index (χ4n) is 2.95. The fourth-order valence-corrected chi connectivity index (χ4v) is 4.22. The lowest BCUT2D eigenvalue weighted by molar-refractivity contribution is -0.130. The summed E-state index contributed by atoms with van der Waals surface area (Å²) in [6, 6.07) is 16.2. The van der Waals surface area contributed by atoms with Crippen molar-refractivity contribution in [1.82, 2.24) is 4.90 Å². The van der Waals surface area contributed by atoms with Gasteiger partial charge in [0.1, 0.15) is 11.1 Å². The Morgan fingerprint density at radius 3 is 2.74 bits per heavy atom. The van der Waals surface area contributed by atoms with E-state index in [-0.39, 0.29) is 11.3 Å². The summed E-state index contributed by atoms with van der Waals surface area (Å²) >= 11 is 1.84. The Balaban J connectivity index is 1.73. The average molecular weight is 327 g/mol. The molecule has 3 rings (SSSR count). The Kier molecular flexibility index (Phi) is 4.91. The number of carbonyl (C=O) groups is 1. The van der Waals surface area contributed by atoms with Gasteiger partial charge in [-0.2, -0.15) is 0 Å². The van der Waals surface area contributed by atoms with Crippen LogP contribution < -0.4 is 4.74 Å². The van der Waals surface area contributed by atoms with Gasteiger partial charge in [0.25, 0.3) is 0 Å². The highest BCUT2D eigenvalue weighted by Crippen LogP contribution is 2.38. The van der Waals surface area contributed by atoms with E-state index in [4.69, 9.17) is 4.74 Å². The van der Waals surface area contributed by atoms with Crippen LogP contribution >= 0.6 is 11.8 Å². The smallest absolute Gasteiger partial charge is 0.228 e. The summed E-state index contributed by atoms with van der Waals surface area (Å²) in [5.41, 5.74) is 3.31. The van der Waals surface area contributed by atoms with Crippen molar-refractivity contribution in [1.29, 1.82) is 0 Å². The lowest BCUT2D eigenvalue weighted by Crippen LogP contribution is -2.31. The summed E-state index contributed by atoms with van der Waals surface area (Å²) in [7, 11) is 1.67. The summed E-state index contributed by atoms with van der Waals surface area (Å²) in [6.45, 7) is 2.82. The van der Waals surface area contributed by atoms with Crippen molar-refractivity contribution in [3.05, 3.63) is 65.2 Å². The van der Waals surface area contributed by atoms with E-state index in [9.17, 15) is 4.79 Å². The Morgan fingerprint density at radius 1 is 1.26 bits per heavy atom. The van der Waals surface area contributed by atoms with Crippen molar-refractivity contribution in [2.24, 2.45) is 0 Å². The summed E-state index contributed by atoms with van der Waals surface area (Å²) in [4.78, 5) is 14.7. The molecule has 4 heteroatoms. The third-order valence-electron chi connectivity index (χ3n) is 4.11. The Morgan fingerprint density at radius 2 is 2.04 bits per heavy atom. The lowest BCUT2D eigenvalue weighted by Gasteiger charge is -2.24. The SMILES string of the molecule is COc1ccc(CC(=O)N2CCSC2c2ccccc2)cc1C. The van der Waals surface area contributed by atoms with Crippen molar-refractivity contribution in [3.63, 3.8) is 0 Å². The van der Waals surface area contributed by atoms with Crippen molar-refractivity contribution in [2.75, 3.05) is 19.4 Å². The molecule has 1 aliphatic heterocycles. The van der Waals surface area contributed by atoms with E-state index < -0.39 is 0 Å². The number of thioether (sulfide) groups is 1. The molecule has 2 aromatic carbocycles. The van der Waals surface area contributed by atoms with Crippen LogP contribution in [0, 0.1) is 6.92 Å². The van der Waals surface area contributed by atoms with Crippen LogP contribution in [0.2, 0.25) is 0 Å². The van der Waals surface area contributed by atoms with Crippen LogP contribution in [0.5, 0.6) is 5.75 Å². The third kappa shape index (κ3) is 3.53. The molecule has 3 nitrogen and oxygen atoms in total. The number of nitrogens with zero attached hydrogens (tertiary/aromatic N) is 1. The predicted molar refractivity (Wildman–Crippen MR) is 94.8 cm³/mol. The van der Waals surface area contributed by atoms with Gasteiger partial charge >= 0.3 is 0 Å². The second-order valence-corrected chi connectivity index (χ2v) is 6.89. The molecule has 1 heterocycles. The van der Waals surface area contributed by atoms with Gasteiger partial charge in [-0.3, -0.25) is 4.79 Å². The van der Waals surface area contributed by atoms with Crippen LogP contribution in [0.1, 0.15) is 22.1 Å². The molecule has 23 heavy (non-hydrogen) atoms. The number of rotatable bonds is 4. The largest absolute Gasteiger partial charge is 0.496 e. The highest BCUT2D eigenvalue weighted by atomic mass is 32.2. The molecule has 1 atom stereocenters. The van der Waals surface area contributed by atoms with Crippen LogP contribution in [0.15, 0.2) is 48.5 Å². The molecular formula is C19H21NO2S. The fraction of sp³-hybridized carbons (Fsp3) is 0.316. The highest BCUT2D eigenvalue weighted by Gasteiger charge is 2.30. The molecule has 0 aliphatic carbocycles. The highest BCUT2D eigenvalue weighted by molar-refractivity contribution is 7.99.